The smallest absolute Gasteiger partial charge is 0.421 e. The van der Waals surface area contributed by atoms with Crippen molar-refractivity contribution in [3.05, 3.63) is 41.6 Å². The van der Waals surface area contributed by atoms with Crippen LogP contribution < -0.4 is 9.64 Å². The normalized spacial score (nSPS) is 11.4. The summed E-state index contributed by atoms with van der Waals surface area (Å²) in [6, 6.07) is 7.08. The number of rotatable bonds is 5. The van der Waals surface area contributed by atoms with Crippen LogP contribution >= 0.6 is 0 Å². The van der Waals surface area contributed by atoms with E-state index in [1.54, 1.807) is 12.1 Å². The van der Waals surface area contributed by atoms with Gasteiger partial charge in [-0.3, -0.25) is 0 Å². The number of anilines is 2. The van der Waals surface area contributed by atoms with E-state index >= 15 is 0 Å². The third-order valence-corrected chi connectivity index (χ3v) is 3.23. The third kappa shape index (κ3) is 4.12. The molecule has 0 atom stereocenters. The lowest BCUT2D eigenvalue weighted by molar-refractivity contribution is -0.137. The van der Waals surface area contributed by atoms with Crippen molar-refractivity contribution >= 4 is 11.5 Å². The summed E-state index contributed by atoms with van der Waals surface area (Å²) in [6.07, 6.45) is -3.07. The highest BCUT2D eigenvalue weighted by atomic mass is 19.4. The standard InChI is InChI=1S/C16H18F3N3O/c1-4-9-23-15-20-10-13(16(17,18)19)14(21-15)22(3)12-7-5-11(2)6-8-12/h5-8,10H,4,9H2,1-3H3. The van der Waals surface area contributed by atoms with Gasteiger partial charge < -0.3 is 9.64 Å². The van der Waals surface area contributed by atoms with Gasteiger partial charge in [0.15, 0.2) is 5.82 Å². The molecule has 0 aliphatic heterocycles. The van der Waals surface area contributed by atoms with E-state index in [1.807, 2.05) is 26.0 Å². The molecule has 1 aromatic heterocycles. The predicted octanol–water partition coefficient (Wildman–Crippen LogP) is 4.36. The van der Waals surface area contributed by atoms with Crippen LogP contribution in [0.5, 0.6) is 6.01 Å². The lowest BCUT2D eigenvalue weighted by atomic mass is 10.2. The van der Waals surface area contributed by atoms with E-state index in [-0.39, 0.29) is 11.8 Å². The van der Waals surface area contributed by atoms with Gasteiger partial charge in [0.1, 0.15) is 5.56 Å². The van der Waals surface area contributed by atoms with Crippen molar-refractivity contribution < 1.29 is 17.9 Å². The first-order valence-electron chi connectivity index (χ1n) is 7.20. The minimum atomic E-state index is -4.54. The lowest BCUT2D eigenvalue weighted by Crippen LogP contribution is -2.19. The predicted molar refractivity (Wildman–Crippen MR) is 82.1 cm³/mol. The van der Waals surface area contributed by atoms with Crippen molar-refractivity contribution in [3.8, 4) is 6.01 Å². The van der Waals surface area contributed by atoms with Gasteiger partial charge in [-0.15, -0.1) is 0 Å². The zero-order chi connectivity index (χ0) is 17.0. The van der Waals surface area contributed by atoms with Gasteiger partial charge in [-0.05, 0) is 25.5 Å². The maximum Gasteiger partial charge on any atom is 0.421 e. The molecule has 1 heterocycles. The Labute approximate surface area is 132 Å². The molecule has 0 saturated carbocycles. The van der Waals surface area contributed by atoms with Crippen LogP contribution in [0.15, 0.2) is 30.5 Å². The van der Waals surface area contributed by atoms with Crippen LogP contribution in [0.2, 0.25) is 0 Å². The van der Waals surface area contributed by atoms with E-state index in [0.717, 1.165) is 11.8 Å². The molecule has 1 aromatic carbocycles. The van der Waals surface area contributed by atoms with E-state index in [4.69, 9.17) is 4.74 Å². The lowest BCUT2D eigenvalue weighted by Gasteiger charge is -2.22. The highest BCUT2D eigenvalue weighted by molar-refractivity contribution is 5.63. The highest BCUT2D eigenvalue weighted by Crippen LogP contribution is 2.37. The number of nitrogens with zero attached hydrogens (tertiary/aromatic N) is 3. The van der Waals surface area contributed by atoms with Crippen LogP contribution in [-0.2, 0) is 6.18 Å². The molecule has 0 radical (unpaired) electrons. The minimum Gasteiger partial charge on any atom is -0.463 e. The van der Waals surface area contributed by atoms with Crippen molar-refractivity contribution in [1.29, 1.82) is 0 Å². The van der Waals surface area contributed by atoms with Gasteiger partial charge in [0.25, 0.3) is 0 Å². The average molecular weight is 325 g/mol. The van der Waals surface area contributed by atoms with Crippen molar-refractivity contribution in [3.63, 3.8) is 0 Å². The second kappa shape index (κ2) is 6.85. The number of aromatic nitrogens is 2. The zero-order valence-electron chi connectivity index (χ0n) is 13.2. The van der Waals surface area contributed by atoms with E-state index in [2.05, 4.69) is 9.97 Å². The molecule has 0 N–H and O–H groups in total. The average Bonchev–Trinajstić information content (AvgIpc) is 2.51. The van der Waals surface area contributed by atoms with Crippen LogP contribution in [0.1, 0.15) is 24.5 Å². The van der Waals surface area contributed by atoms with Crippen molar-refractivity contribution in [2.75, 3.05) is 18.6 Å². The number of hydrogen-bond acceptors (Lipinski definition) is 4. The SMILES string of the molecule is CCCOc1ncc(C(F)(F)F)c(N(C)c2ccc(C)cc2)n1. The summed E-state index contributed by atoms with van der Waals surface area (Å²) in [6.45, 7) is 4.15. The first-order chi connectivity index (χ1) is 10.8. The molecule has 0 saturated heterocycles. The van der Waals surface area contributed by atoms with Crippen molar-refractivity contribution in [2.45, 2.75) is 26.4 Å². The number of ether oxygens (including phenoxy) is 1. The molecule has 0 aliphatic rings. The Balaban J connectivity index is 2.45. The van der Waals surface area contributed by atoms with E-state index < -0.39 is 11.7 Å². The summed E-state index contributed by atoms with van der Waals surface area (Å²) in [5.41, 5.74) is 0.721. The maximum absolute atomic E-state index is 13.2. The Bertz CT molecular complexity index is 657. The quantitative estimate of drug-likeness (QED) is 0.818. The summed E-state index contributed by atoms with van der Waals surface area (Å²) < 4.78 is 44.9. The van der Waals surface area contributed by atoms with Gasteiger partial charge in [0.2, 0.25) is 0 Å². The molecule has 0 unspecified atom stereocenters. The Morgan fingerprint density at radius 2 is 1.83 bits per heavy atom. The van der Waals surface area contributed by atoms with E-state index in [1.165, 1.54) is 11.9 Å². The van der Waals surface area contributed by atoms with E-state index in [9.17, 15) is 13.2 Å². The molecule has 0 bridgehead atoms. The third-order valence-electron chi connectivity index (χ3n) is 3.23. The molecule has 7 heteroatoms. The number of aryl methyl sites for hydroxylation is 1. The molecular weight excluding hydrogens is 307 g/mol. The Morgan fingerprint density at radius 1 is 1.17 bits per heavy atom. The second-order valence-corrected chi connectivity index (χ2v) is 5.13. The van der Waals surface area contributed by atoms with Crippen LogP contribution in [0.4, 0.5) is 24.7 Å². The minimum absolute atomic E-state index is 0.0613. The molecule has 2 rings (SSSR count). The maximum atomic E-state index is 13.2. The molecule has 124 valence electrons. The summed E-state index contributed by atoms with van der Waals surface area (Å²) in [5.74, 6) is -0.234. The van der Waals surface area contributed by atoms with Gasteiger partial charge in [-0.1, -0.05) is 24.6 Å². The van der Waals surface area contributed by atoms with E-state index in [0.29, 0.717) is 18.7 Å². The largest absolute Gasteiger partial charge is 0.463 e. The number of hydrogen-bond donors (Lipinski definition) is 0. The molecular formula is C16H18F3N3O. The molecule has 0 aliphatic carbocycles. The molecule has 2 aromatic rings. The van der Waals surface area contributed by atoms with Crippen LogP contribution in [0.3, 0.4) is 0 Å². The Hall–Kier alpha value is -2.31. The first kappa shape index (κ1) is 17.1. The molecule has 0 fully saturated rings. The van der Waals surface area contributed by atoms with Gasteiger partial charge in [-0.2, -0.15) is 18.2 Å². The van der Waals surface area contributed by atoms with Gasteiger partial charge in [-0.25, -0.2) is 4.98 Å². The van der Waals surface area contributed by atoms with Gasteiger partial charge >= 0.3 is 12.2 Å². The second-order valence-electron chi connectivity index (χ2n) is 5.13. The van der Waals surface area contributed by atoms with Crippen LogP contribution in [0, 0.1) is 6.92 Å². The topological polar surface area (TPSA) is 38.2 Å². The molecule has 4 nitrogen and oxygen atoms in total. The Kier molecular flexibility index (Phi) is 5.08. The van der Waals surface area contributed by atoms with Crippen molar-refractivity contribution in [1.82, 2.24) is 9.97 Å². The number of halogens is 3. The van der Waals surface area contributed by atoms with Crippen molar-refractivity contribution in [2.24, 2.45) is 0 Å². The highest BCUT2D eigenvalue weighted by Gasteiger charge is 2.36. The van der Waals surface area contributed by atoms with Crippen LogP contribution in [0.25, 0.3) is 0 Å². The summed E-state index contributed by atoms with van der Waals surface area (Å²) in [5, 5.41) is 0. The molecule has 23 heavy (non-hydrogen) atoms. The molecule has 0 amide bonds. The summed E-state index contributed by atoms with van der Waals surface area (Å²) in [4.78, 5) is 8.98. The number of benzene rings is 1. The zero-order valence-corrected chi connectivity index (χ0v) is 13.2. The van der Waals surface area contributed by atoms with Gasteiger partial charge in [0, 0.05) is 18.9 Å². The van der Waals surface area contributed by atoms with Gasteiger partial charge in [0.05, 0.1) is 6.61 Å². The van der Waals surface area contributed by atoms with Crippen LogP contribution in [-0.4, -0.2) is 23.6 Å². The molecule has 0 spiro atoms. The Morgan fingerprint density at radius 3 is 2.39 bits per heavy atom. The monoisotopic (exact) mass is 325 g/mol. The first-order valence-corrected chi connectivity index (χ1v) is 7.20. The number of alkyl halides is 3. The fraction of sp³-hybridized carbons (Fsp3) is 0.375. The summed E-state index contributed by atoms with van der Waals surface area (Å²) >= 11 is 0. The fourth-order valence-corrected chi connectivity index (χ4v) is 1.97. The fourth-order valence-electron chi connectivity index (χ4n) is 1.97. The summed E-state index contributed by atoms with van der Waals surface area (Å²) in [7, 11) is 1.53.